The molecule has 0 aliphatic carbocycles. The first kappa shape index (κ1) is 19.2. The zero-order valence-electron chi connectivity index (χ0n) is 12.0. The van der Waals surface area contributed by atoms with Gasteiger partial charge in [0.15, 0.2) is 0 Å². The summed E-state index contributed by atoms with van der Waals surface area (Å²) >= 11 is 0. The van der Waals surface area contributed by atoms with Gasteiger partial charge in [-0.15, -0.1) is 0 Å². The number of nitrogens with two attached hydrogens (primary N) is 2. The van der Waals surface area contributed by atoms with Crippen molar-refractivity contribution in [1.29, 1.82) is 0 Å². The number of carbonyl (C=O) groups is 1. The molecule has 0 fully saturated rings. The lowest BCUT2D eigenvalue weighted by molar-refractivity contribution is -0.143. The molecule has 1 unspecified atom stereocenters. The van der Waals surface area contributed by atoms with Crippen molar-refractivity contribution in [2.24, 2.45) is 11.5 Å². The maximum Gasteiger partial charge on any atom is 0.325 e. The van der Waals surface area contributed by atoms with Crippen molar-refractivity contribution in [1.82, 2.24) is 0 Å². The van der Waals surface area contributed by atoms with Crippen molar-refractivity contribution in [2.75, 3.05) is 66.5 Å². The van der Waals surface area contributed by atoms with Gasteiger partial charge in [0, 0.05) is 6.54 Å². The maximum atomic E-state index is 11.0. The number of methoxy groups -OCH3 is 1. The number of carbonyl (C=O) groups excluding carboxylic acids is 1. The summed E-state index contributed by atoms with van der Waals surface area (Å²) in [4.78, 5) is 11.0. The highest BCUT2D eigenvalue weighted by Crippen LogP contribution is 1.87. The van der Waals surface area contributed by atoms with Gasteiger partial charge in [-0.05, 0) is 0 Å². The molecule has 120 valence electrons. The van der Waals surface area contributed by atoms with Gasteiger partial charge in [-0.2, -0.15) is 0 Å². The molecule has 8 nitrogen and oxygen atoms in total. The molecule has 0 heterocycles. The molecule has 0 aromatic carbocycles. The van der Waals surface area contributed by atoms with E-state index in [9.17, 15) is 4.79 Å². The van der Waals surface area contributed by atoms with E-state index in [1.807, 2.05) is 0 Å². The fourth-order valence-electron chi connectivity index (χ4n) is 1.17. The Bertz CT molecular complexity index is 230. The van der Waals surface area contributed by atoms with E-state index in [-0.39, 0.29) is 6.61 Å². The molecule has 0 amide bonds. The largest absolute Gasteiger partial charge is 0.468 e. The van der Waals surface area contributed by atoms with Crippen LogP contribution < -0.4 is 11.5 Å². The average Bonchev–Trinajstić information content (AvgIpc) is 2.47. The van der Waals surface area contributed by atoms with E-state index in [1.165, 1.54) is 7.11 Å². The lowest BCUT2D eigenvalue weighted by atomic mass is 10.3. The summed E-state index contributed by atoms with van der Waals surface area (Å²) in [5, 5.41) is 0. The van der Waals surface area contributed by atoms with E-state index in [0.29, 0.717) is 52.8 Å². The van der Waals surface area contributed by atoms with E-state index >= 15 is 0 Å². The number of ether oxygens (including phenoxy) is 5. The Morgan fingerprint density at radius 1 is 0.900 bits per heavy atom. The van der Waals surface area contributed by atoms with Crippen LogP contribution in [0, 0.1) is 0 Å². The Morgan fingerprint density at radius 2 is 1.35 bits per heavy atom. The maximum absolute atomic E-state index is 11.0. The first-order valence-electron chi connectivity index (χ1n) is 6.56. The molecule has 0 bridgehead atoms. The number of hydrogen-bond donors (Lipinski definition) is 2. The van der Waals surface area contributed by atoms with Crippen molar-refractivity contribution in [3.63, 3.8) is 0 Å². The highest BCUT2D eigenvalue weighted by atomic mass is 16.6. The molecular formula is C12H26N2O6. The minimum Gasteiger partial charge on any atom is -0.468 e. The molecule has 0 aromatic rings. The lowest BCUT2D eigenvalue weighted by Crippen LogP contribution is -2.36. The topological polar surface area (TPSA) is 115 Å². The highest BCUT2D eigenvalue weighted by Gasteiger charge is 2.12. The Morgan fingerprint density at radius 3 is 1.80 bits per heavy atom. The monoisotopic (exact) mass is 294 g/mol. The third kappa shape index (κ3) is 12.3. The third-order valence-electron chi connectivity index (χ3n) is 2.18. The molecular weight excluding hydrogens is 268 g/mol. The van der Waals surface area contributed by atoms with Crippen molar-refractivity contribution >= 4 is 5.97 Å². The molecule has 0 saturated carbocycles. The molecule has 0 aromatic heterocycles. The van der Waals surface area contributed by atoms with Crippen molar-refractivity contribution < 1.29 is 28.5 Å². The van der Waals surface area contributed by atoms with Crippen molar-refractivity contribution in [3.8, 4) is 0 Å². The first-order chi connectivity index (χ1) is 9.72. The fourth-order valence-corrected chi connectivity index (χ4v) is 1.17. The number of hydrogen-bond acceptors (Lipinski definition) is 8. The fraction of sp³-hybridized carbons (Fsp3) is 0.917. The van der Waals surface area contributed by atoms with Gasteiger partial charge in [0.2, 0.25) is 0 Å². The average molecular weight is 294 g/mol. The predicted octanol–water partition coefficient (Wildman–Crippen LogP) is -1.49. The zero-order valence-corrected chi connectivity index (χ0v) is 12.0. The van der Waals surface area contributed by atoms with Crippen molar-refractivity contribution in [2.45, 2.75) is 6.04 Å². The van der Waals surface area contributed by atoms with E-state index in [4.69, 9.17) is 30.4 Å². The van der Waals surface area contributed by atoms with Crippen LogP contribution in [0.2, 0.25) is 0 Å². The quantitative estimate of drug-likeness (QED) is 0.294. The second-order valence-electron chi connectivity index (χ2n) is 3.83. The van der Waals surface area contributed by atoms with Gasteiger partial charge in [-0.1, -0.05) is 0 Å². The molecule has 20 heavy (non-hydrogen) atoms. The van der Waals surface area contributed by atoms with E-state index in [1.54, 1.807) is 0 Å². The summed E-state index contributed by atoms with van der Waals surface area (Å²) in [6.45, 7) is 3.99. The Hall–Kier alpha value is -0.770. The Balaban J connectivity index is 3.11. The van der Waals surface area contributed by atoms with Crippen LogP contribution in [-0.2, 0) is 28.5 Å². The smallest absolute Gasteiger partial charge is 0.325 e. The Kier molecular flexibility index (Phi) is 14.1. The van der Waals surface area contributed by atoms with Crippen LogP contribution in [0.5, 0.6) is 0 Å². The minimum atomic E-state index is -0.753. The van der Waals surface area contributed by atoms with Gasteiger partial charge in [0.05, 0.1) is 60.0 Å². The summed E-state index contributed by atoms with van der Waals surface area (Å²) in [6.07, 6.45) is 0. The summed E-state index contributed by atoms with van der Waals surface area (Å²) in [5.74, 6) is -0.490. The molecule has 0 radical (unpaired) electrons. The molecule has 4 N–H and O–H groups in total. The van der Waals surface area contributed by atoms with E-state index < -0.39 is 12.0 Å². The standard InChI is InChI=1S/C12H26N2O6/c1-16-12(15)11(14)10-20-9-8-19-7-6-18-5-4-17-3-2-13/h11H,2-10,13-14H2,1H3. The van der Waals surface area contributed by atoms with Crippen LogP contribution >= 0.6 is 0 Å². The summed E-state index contributed by atoms with van der Waals surface area (Å²) in [5.41, 5.74) is 10.7. The summed E-state index contributed by atoms with van der Waals surface area (Å²) in [7, 11) is 1.28. The molecule has 0 aliphatic heterocycles. The molecule has 0 aliphatic rings. The van der Waals surface area contributed by atoms with Gasteiger partial charge in [-0.3, -0.25) is 4.79 Å². The predicted molar refractivity (Wildman–Crippen MR) is 72.3 cm³/mol. The second-order valence-corrected chi connectivity index (χ2v) is 3.83. The minimum absolute atomic E-state index is 0.116. The van der Waals surface area contributed by atoms with Gasteiger partial charge in [0.25, 0.3) is 0 Å². The molecule has 0 rings (SSSR count). The normalized spacial score (nSPS) is 12.3. The van der Waals surface area contributed by atoms with Gasteiger partial charge < -0.3 is 35.2 Å². The van der Waals surface area contributed by atoms with Crippen LogP contribution in [0.4, 0.5) is 0 Å². The van der Waals surface area contributed by atoms with Gasteiger partial charge in [-0.25, -0.2) is 0 Å². The molecule has 8 heteroatoms. The zero-order chi connectivity index (χ0) is 15.1. The van der Waals surface area contributed by atoms with Crippen LogP contribution in [0.25, 0.3) is 0 Å². The molecule has 0 saturated heterocycles. The third-order valence-corrected chi connectivity index (χ3v) is 2.18. The van der Waals surface area contributed by atoms with Crippen LogP contribution in [0.1, 0.15) is 0 Å². The van der Waals surface area contributed by atoms with Gasteiger partial charge >= 0.3 is 5.97 Å². The first-order valence-corrected chi connectivity index (χ1v) is 6.56. The SMILES string of the molecule is COC(=O)C(N)COCCOCCOCCOCCN. The summed E-state index contributed by atoms with van der Waals surface area (Å²) < 4.78 is 25.3. The lowest BCUT2D eigenvalue weighted by Gasteiger charge is -2.10. The van der Waals surface area contributed by atoms with E-state index in [0.717, 1.165) is 0 Å². The highest BCUT2D eigenvalue weighted by molar-refractivity contribution is 5.75. The Labute approximate surface area is 119 Å². The van der Waals surface area contributed by atoms with Crippen LogP contribution in [-0.4, -0.2) is 78.5 Å². The number of esters is 1. The van der Waals surface area contributed by atoms with Gasteiger partial charge in [0.1, 0.15) is 6.04 Å². The second kappa shape index (κ2) is 14.6. The van der Waals surface area contributed by atoms with E-state index in [2.05, 4.69) is 4.74 Å². The molecule has 0 spiro atoms. The van der Waals surface area contributed by atoms with Crippen LogP contribution in [0.15, 0.2) is 0 Å². The summed E-state index contributed by atoms with van der Waals surface area (Å²) in [6, 6.07) is -0.753. The van der Waals surface area contributed by atoms with Crippen LogP contribution in [0.3, 0.4) is 0 Å². The molecule has 1 atom stereocenters. The van der Waals surface area contributed by atoms with Crippen molar-refractivity contribution in [3.05, 3.63) is 0 Å². The number of rotatable bonds is 14.